The normalized spacial score (nSPS) is 14.7. The number of hydrogen-bond donors (Lipinski definition) is 0. The van der Waals surface area contributed by atoms with Gasteiger partial charge in [0, 0.05) is 16.1 Å². The second-order valence-electron chi connectivity index (χ2n) is 7.02. The molecular formula is C25H19ClFNO4S. The van der Waals surface area contributed by atoms with Gasteiger partial charge in [-0.25, -0.2) is 4.39 Å². The predicted octanol–water partition coefficient (Wildman–Crippen LogP) is 6.17. The number of hydrogen-bond acceptors (Lipinski definition) is 5. The Bertz CT molecular complexity index is 1180. The van der Waals surface area contributed by atoms with Crippen LogP contribution in [-0.4, -0.2) is 29.3 Å². The lowest BCUT2D eigenvalue weighted by atomic mass is 10.1. The third-order valence-electron chi connectivity index (χ3n) is 4.81. The Morgan fingerprint density at radius 2 is 1.64 bits per heavy atom. The Kier molecular flexibility index (Phi) is 7.32. The van der Waals surface area contributed by atoms with Crippen molar-refractivity contribution in [3.63, 3.8) is 0 Å². The topological polar surface area (TPSA) is 55.8 Å². The standard InChI is InChI=1S/C25H19ClFNO4S/c26-20-10-6-11-21(27)19(20)16-28-24(29)23(33-25(28)30)15-17-7-4-5-12-22(17)32-14-13-31-18-8-2-1-3-9-18/h1-12,15H,13-14,16H2/b23-15+. The molecule has 0 aromatic heterocycles. The number of carbonyl (C=O) groups excluding carboxylic acids is 2. The molecule has 1 aliphatic rings. The molecule has 0 atom stereocenters. The third kappa shape index (κ3) is 5.56. The first-order valence-electron chi connectivity index (χ1n) is 10.1. The zero-order valence-electron chi connectivity index (χ0n) is 17.4. The van der Waals surface area contributed by atoms with Crippen molar-refractivity contribution in [1.29, 1.82) is 0 Å². The van der Waals surface area contributed by atoms with E-state index in [1.54, 1.807) is 18.2 Å². The Labute approximate surface area is 199 Å². The number of rotatable bonds is 8. The van der Waals surface area contributed by atoms with E-state index in [2.05, 4.69) is 0 Å². The highest BCUT2D eigenvalue weighted by Gasteiger charge is 2.36. The third-order valence-corrected chi connectivity index (χ3v) is 6.07. The molecule has 3 aromatic carbocycles. The molecule has 4 rings (SSSR count). The van der Waals surface area contributed by atoms with Crippen molar-refractivity contribution in [2.24, 2.45) is 0 Å². The van der Waals surface area contributed by atoms with Crippen LogP contribution >= 0.6 is 23.4 Å². The van der Waals surface area contributed by atoms with Crippen LogP contribution in [0.15, 0.2) is 77.7 Å². The van der Waals surface area contributed by atoms with Crippen LogP contribution in [0.5, 0.6) is 11.5 Å². The monoisotopic (exact) mass is 483 g/mol. The van der Waals surface area contributed by atoms with E-state index in [4.69, 9.17) is 21.1 Å². The van der Waals surface area contributed by atoms with Crippen LogP contribution in [-0.2, 0) is 11.3 Å². The molecule has 1 heterocycles. The molecule has 1 aliphatic heterocycles. The van der Waals surface area contributed by atoms with E-state index in [0.29, 0.717) is 24.5 Å². The maximum Gasteiger partial charge on any atom is 0.293 e. The number of nitrogens with zero attached hydrogens (tertiary/aromatic N) is 1. The van der Waals surface area contributed by atoms with E-state index in [1.165, 1.54) is 18.2 Å². The second kappa shape index (κ2) is 10.6. The van der Waals surface area contributed by atoms with Crippen molar-refractivity contribution in [1.82, 2.24) is 4.90 Å². The van der Waals surface area contributed by atoms with Crippen LogP contribution in [0, 0.1) is 5.82 Å². The van der Waals surface area contributed by atoms with Crippen molar-refractivity contribution in [3.05, 3.63) is 99.7 Å². The van der Waals surface area contributed by atoms with Gasteiger partial charge in [0.15, 0.2) is 0 Å². The van der Waals surface area contributed by atoms with Gasteiger partial charge in [0.05, 0.1) is 11.4 Å². The summed E-state index contributed by atoms with van der Waals surface area (Å²) in [6.45, 7) is 0.410. The van der Waals surface area contributed by atoms with Gasteiger partial charge in [0.1, 0.15) is 30.5 Å². The summed E-state index contributed by atoms with van der Waals surface area (Å²) < 4.78 is 25.6. The van der Waals surface area contributed by atoms with Gasteiger partial charge in [-0.05, 0) is 48.2 Å². The molecular weight excluding hydrogens is 465 g/mol. The fourth-order valence-electron chi connectivity index (χ4n) is 3.18. The highest BCUT2D eigenvalue weighted by molar-refractivity contribution is 8.18. The highest BCUT2D eigenvalue weighted by atomic mass is 35.5. The minimum absolute atomic E-state index is 0.102. The number of halogens is 2. The quantitative estimate of drug-likeness (QED) is 0.283. The van der Waals surface area contributed by atoms with Gasteiger partial charge in [0.25, 0.3) is 11.1 Å². The van der Waals surface area contributed by atoms with Crippen molar-refractivity contribution < 1.29 is 23.5 Å². The van der Waals surface area contributed by atoms with Crippen LogP contribution < -0.4 is 9.47 Å². The Morgan fingerprint density at radius 1 is 0.909 bits per heavy atom. The Morgan fingerprint density at radius 3 is 2.42 bits per heavy atom. The number of para-hydroxylation sites is 2. The molecule has 2 amide bonds. The Hall–Kier alpha value is -3.29. The zero-order chi connectivity index (χ0) is 23.2. The maximum absolute atomic E-state index is 14.1. The van der Waals surface area contributed by atoms with Crippen molar-refractivity contribution >= 4 is 40.6 Å². The zero-order valence-corrected chi connectivity index (χ0v) is 18.9. The van der Waals surface area contributed by atoms with E-state index < -0.39 is 17.0 Å². The summed E-state index contributed by atoms with van der Waals surface area (Å²) in [6.07, 6.45) is 1.60. The number of ether oxygens (including phenoxy) is 2. The summed E-state index contributed by atoms with van der Waals surface area (Å²) in [4.78, 5) is 26.5. The molecule has 8 heteroatoms. The Balaban J connectivity index is 1.44. The van der Waals surface area contributed by atoms with Crippen LogP contribution in [0.1, 0.15) is 11.1 Å². The minimum Gasteiger partial charge on any atom is -0.490 e. The number of imide groups is 1. The molecule has 0 radical (unpaired) electrons. The molecule has 0 bridgehead atoms. The summed E-state index contributed by atoms with van der Waals surface area (Å²) >= 11 is 6.85. The van der Waals surface area contributed by atoms with E-state index >= 15 is 0 Å². The smallest absolute Gasteiger partial charge is 0.293 e. The fraction of sp³-hybridized carbons (Fsp3) is 0.120. The first-order valence-corrected chi connectivity index (χ1v) is 11.3. The van der Waals surface area contributed by atoms with Gasteiger partial charge in [0.2, 0.25) is 0 Å². The van der Waals surface area contributed by atoms with Gasteiger partial charge >= 0.3 is 0 Å². The fourth-order valence-corrected chi connectivity index (χ4v) is 4.23. The average Bonchev–Trinajstić information content (AvgIpc) is 3.08. The molecule has 168 valence electrons. The lowest BCUT2D eigenvalue weighted by Crippen LogP contribution is -2.28. The number of amides is 2. The van der Waals surface area contributed by atoms with Crippen LogP contribution in [0.2, 0.25) is 5.02 Å². The lowest BCUT2D eigenvalue weighted by Gasteiger charge is -2.14. The molecule has 3 aromatic rings. The van der Waals surface area contributed by atoms with Crippen LogP contribution in [0.3, 0.4) is 0 Å². The SMILES string of the molecule is O=C1S/C(=C/c2ccccc2OCCOc2ccccc2)C(=O)N1Cc1c(F)cccc1Cl. The van der Waals surface area contributed by atoms with Gasteiger partial charge in [-0.15, -0.1) is 0 Å². The van der Waals surface area contributed by atoms with Crippen molar-refractivity contribution in [2.75, 3.05) is 13.2 Å². The molecule has 33 heavy (non-hydrogen) atoms. The highest BCUT2D eigenvalue weighted by Crippen LogP contribution is 2.36. The van der Waals surface area contributed by atoms with Crippen molar-refractivity contribution in [2.45, 2.75) is 6.54 Å². The van der Waals surface area contributed by atoms with Gasteiger partial charge in [-0.3, -0.25) is 14.5 Å². The maximum atomic E-state index is 14.1. The molecule has 0 N–H and O–H groups in total. The molecule has 0 unspecified atom stereocenters. The second-order valence-corrected chi connectivity index (χ2v) is 8.42. The average molecular weight is 484 g/mol. The summed E-state index contributed by atoms with van der Waals surface area (Å²) in [5, 5.41) is -0.324. The van der Waals surface area contributed by atoms with Crippen molar-refractivity contribution in [3.8, 4) is 11.5 Å². The number of benzene rings is 3. The molecule has 1 saturated heterocycles. The summed E-state index contributed by atoms with van der Waals surface area (Å²) in [7, 11) is 0. The molecule has 5 nitrogen and oxygen atoms in total. The largest absolute Gasteiger partial charge is 0.490 e. The number of carbonyl (C=O) groups is 2. The first-order chi connectivity index (χ1) is 16.0. The predicted molar refractivity (Wildman–Crippen MR) is 127 cm³/mol. The molecule has 0 spiro atoms. The number of thioether (sulfide) groups is 1. The summed E-state index contributed by atoms with van der Waals surface area (Å²) in [5.74, 6) is 0.227. The van der Waals surface area contributed by atoms with Crippen LogP contribution in [0.4, 0.5) is 9.18 Å². The summed E-state index contributed by atoms with van der Waals surface area (Å²) in [5.41, 5.74) is 0.747. The van der Waals surface area contributed by atoms with E-state index in [1.807, 2.05) is 42.5 Å². The first kappa shape index (κ1) is 22.9. The minimum atomic E-state index is -0.568. The lowest BCUT2D eigenvalue weighted by molar-refractivity contribution is -0.123. The molecule has 1 fully saturated rings. The molecule has 0 saturated carbocycles. The van der Waals surface area contributed by atoms with Gasteiger partial charge in [-0.1, -0.05) is 54.1 Å². The van der Waals surface area contributed by atoms with Gasteiger partial charge < -0.3 is 9.47 Å². The van der Waals surface area contributed by atoms with E-state index in [9.17, 15) is 14.0 Å². The van der Waals surface area contributed by atoms with Crippen LogP contribution in [0.25, 0.3) is 6.08 Å². The molecule has 0 aliphatic carbocycles. The van der Waals surface area contributed by atoms with Gasteiger partial charge in [-0.2, -0.15) is 0 Å². The van der Waals surface area contributed by atoms with E-state index in [0.717, 1.165) is 22.4 Å². The van der Waals surface area contributed by atoms with E-state index in [-0.39, 0.29) is 22.0 Å². The summed E-state index contributed by atoms with van der Waals surface area (Å²) in [6, 6.07) is 20.8.